The second-order valence-electron chi connectivity index (χ2n) is 3.23. The van der Waals surface area contributed by atoms with Gasteiger partial charge in [0, 0.05) is 6.07 Å². The third-order valence-corrected chi connectivity index (χ3v) is 2.20. The lowest BCUT2D eigenvalue weighted by Crippen LogP contribution is -1.83. The second kappa shape index (κ2) is 2.25. The van der Waals surface area contributed by atoms with Crippen molar-refractivity contribution in [3.05, 3.63) is 18.0 Å². The summed E-state index contributed by atoms with van der Waals surface area (Å²) in [6.45, 7) is 1.86. The lowest BCUT2D eigenvalue weighted by Gasteiger charge is -1.87. The van der Waals surface area contributed by atoms with E-state index in [2.05, 4.69) is 15.1 Å². The van der Waals surface area contributed by atoms with Gasteiger partial charge in [-0.15, -0.1) is 0 Å². The molecular formula is C9H8N4O. The zero-order valence-electron chi connectivity index (χ0n) is 7.53. The van der Waals surface area contributed by atoms with Gasteiger partial charge >= 0.3 is 0 Å². The fourth-order valence-electron chi connectivity index (χ4n) is 1.57. The van der Waals surface area contributed by atoms with Crippen LogP contribution in [0.4, 0.5) is 5.82 Å². The first-order valence-electron chi connectivity index (χ1n) is 4.25. The maximum Gasteiger partial charge on any atom is 0.168 e. The molecule has 2 heterocycles. The molecule has 0 unspecified atom stereocenters. The quantitative estimate of drug-likeness (QED) is 0.561. The Bertz CT molecular complexity index is 621. The second-order valence-corrected chi connectivity index (χ2v) is 3.23. The van der Waals surface area contributed by atoms with Gasteiger partial charge < -0.3 is 10.3 Å². The van der Waals surface area contributed by atoms with Crippen molar-refractivity contribution in [3.63, 3.8) is 0 Å². The first-order chi connectivity index (χ1) is 6.74. The molecule has 1 aromatic carbocycles. The summed E-state index contributed by atoms with van der Waals surface area (Å²) >= 11 is 0. The molecule has 0 fully saturated rings. The molecule has 0 aliphatic rings. The third-order valence-electron chi connectivity index (χ3n) is 2.20. The molecule has 0 amide bonds. The molecule has 0 aliphatic heterocycles. The molecule has 3 aromatic rings. The van der Waals surface area contributed by atoms with E-state index in [1.165, 1.54) is 0 Å². The van der Waals surface area contributed by atoms with E-state index in [4.69, 9.17) is 10.3 Å². The van der Waals surface area contributed by atoms with Crippen molar-refractivity contribution in [2.45, 2.75) is 6.92 Å². The molecule has 0 atom stereocenters. The number of nitrogens with two attached hydrogens (primary N) is 1. The Kier molecular flexibility index (Phi) is 1.19. The van der Waals surface area contributed by atoms with Crippen LogP contribution in [0.5, 0.6) is 0 Å². The molecule has 14 heavy (non-hydrogen) atoms. The highest BCUT2D eigenvalue weighted by atomic mass is 16.5. The van der Waals surface area contributed by atoms with Gasteiger partial charge in [-0.3, -0.25) is 0 Å². The van der Waals surface area contributed by atoms with E-state index in [9.17, 15) is 0 Å². The van der Waals surface area contributed by atoms with Crippen LogP contribution in [0.3, 0.4) is 0 Å². The SMILES string of the molecule is Cc1nc2cc3o[nH]c(N)c3cc2n1. The van der Waals surface area contributed by atoms with Crippen LogP contribution in [0.2, 0.25) is 0 Å². The number of imidazole rings is 1. The number of hydrogen-bond acceptors (Lipinski definition) is 4. The van der Waals surface area contributed by atoms with Crippen LogP contribution in [-0.4, -0.2) is 15.1 Å². The smallest absolute Gasteiger partial charge is 0.168 e. The number of anilines is 1. The Morgan fingerprint density at radius 3 is 2.79 bits per heavy atom. The van der Waals surface area contributed by atoms with Gasteiger partial charge in [-0.25, -0.2) is 15.1 Å². The van der Waals surface area contributed by atoms with E-state index in [-0.39, 0.29) is 0 Å². The Morgan fingerprint density at radius 2 is 2.00 bits per heavy atom. The first-order valence-corrected chi connectivity index (χ1v) is 4.25. The number of hydrogen-bond donors (Lipinski definition) is 2. The molecule has 5 heteroatoms. The van der Waals surface area contributed by atoms with Gasteiger partial charge in [-0.1, -0.05) is 0 Å². The summed E-state index contributed by atoms with van der Waals surface area (Å²) in [6, 6.07) is 3.71. The van der Waals surface area contributed by atoms with E-state index in [0.717, 1.165) is 22.2 Å². The van der Waals surface area contributed by atoms with E-state index in [1.807, 2.05) is 19.1 Å². The van der Waals surface area contributed by atoms with E-state index < -0.39 is 0 Å². The monoisotopic (exact) mass is 188 g/mol. The van der Waals surface area contributed by atoms with E-state index in [0.29, 0.717) is 11.4 Å². The van der Waals surface area contributed by atoms with Crippen LogP contribution in [0, 0.1) is 6.92 Å². The summed E-state index contributed by atoms with van der Waals surface area (Å²) in [6.07, 6.45) is 0. The number of aryl methyl sites for hydroxylation is 1. The van der Waals surface area contributed by atoms with Crippen molar-refractivity contribution >= 4 is 27.8 Å². The average molecular weight is 188 g/mol. The Hall–Kier alpha value is -2.04. The molecule has 70 valence electrons. The molecule has 5 nitrogen and oxygen atoms in total. The molecule has 2 aromatic heterocycles. The minimum atomic E-state index is 0.516. The largest absolute Gasteiger partial charge is 0.382 e. The predicted molar refractivity (Wildman–Crippen MR) is 52.8 cm³/mol. The van der Waals surface area contributed by atoms with Crippen molar-refractivity contribution < 1.29 is 4.52 Å². The topological polar surface area (TPSA) is 80.7 Å². The Morgan fingerprint density at radius 1 is 1.29 bits per heavy atom. The summed E-state index contributed by atoms with van der Waals surface area (Å²) in [4.78, 5) is 8.51. The van der Waals surface area contributed by atoms with Gasteiger partial charge in [-0.2, -0.15) is 0 Å². The lowest BCUT2D eigenvalue weighted by molar-refractivity contribution is 0.460. The number of H-pyrrole nitrogens is 1. The maximum atomic E-state index is 5.68. The van der Waals surface area contributed by atoms with E-state index in [1.54, 1.807) is 0 Å². The highest BCUT2D eigenvalue weighted by Crippen LogP contribution is 2.24. The molecule has 0 saturated heterocycles. The first kappa shape index (κ1) is 7.37. The fourth-order valence-corrected chi connectivity index (χ4v) is 1.57. The van der Waals surface area contributed by atoms with Crippen molar-refractivity contribution in [1.82, 2.24) is 15.1 Å². The maximum absolute atomic E-state index is 5.68. The van der Waals surface area contributed by atoms with Gasteiger partial charge in [0.05, 0.1) is 16.4 Å². The molecule has 0 bridgehead atoms. The summed E-state index contributed by atoms with van der Waals surface area (Å²) in [5, 5.41) is 3.45. The number of fused-ring (bicyclic) bond motifs is 2. The van der Waals surface area contributed by atoms with Gasteiger partial charge in [0.15, 0.2) is 5.58 Å². The summed E-state index contributed by atoms with van der Waals surface area (Å²) < 4.78 is 5.15. The van der Waals surface area contributed by atoms with Gasteiger partial charge in [-0.05, 0) is 13.0 Å². The molecular weight excluding hydrogens is 180 g/mol. The number of nitrogen functional groups attached to an aromatic ring is 1. The number of rotatable bonds is 0. The summed E-state index contributed by atoms with van der Waals surface area (Å²) in [5.74, 6) is 1.28. The lowest BCUT2D eigenvalue weighted by atomic mass is 10.2. The third kappa shape index (κ3) is 0.834. The summed E-state index contributed by atoms with van der Waals surface area (Å²) in [7, 11) is 0. The van der Waals surface area contributed by atoms with Crippen LogP contribution >= 0.6 is 0 Å². The van der Waals surface area contributed by atoms with E-state index >= 15 is 0 Å². The predicted octanol–water partition coefficient (Wildman–Crippen LogP) is 1.59. The summed E-state index contributed by atoms with van der Waals surface area (Å²) in [5.41, 5.74) is 8.06. The van der Waals surface area contributed by atoms with Crippen LogP contribution in [0.25, 0.3) is 22.0 Å². The minimum Gasteiger partial charge on any atom is -0.382 e. The fraction of sp³-hybridized carbons (Fsp3) is 0.111. The normalized spacial score (nSPS) is 11.5. The van der Waals surface area contributed by atoms with Gasteiger partial charge in [0.2, 0.25) is 0 Å². The number of nitrogens with zero attached hydrogens (tertiary/aromatic N) is 2. The Balaban J connectivity index is 2.52. The molecule has 3 rings (SSSR count). The van der Waals surface area contributed by atoms with Crippen LogP contribution in [-0.2, 0) is 0 Å². The molecule has 0 radical (unpaired) electrons. The van der Waals surface area contributed by atoms with Gasteiger partial charge in [0.1, 0.15) is 11.6 Å². The van der Waals surface area contributed by atoms with Crippen LogP contribution in [0.15, 0.2) is 16.7 Å². The minimum absolute atomic E-state index is 0.516. The van der Waals surface area contributed by atoms with Gasteiger partial charge in [0.25, 0.3) is 0 Å². The average Bonchev–Trinajstić information content (AvgIpc) is 2.66. The van der Waals surface area contributed by atoms with Crippen molar-refractivity contribution in [3.8, 4) is 0 Å². The zero-order valence-corrected chi connectivity index (χ0v) is 7.53. The van der Waals surface area contributed by atoms with Crippen LogP contribution < -0.4 is 5.73 Å². The molecule has 3 N–H and O–H groups in total. The number of benzene rings is 1. The standard InChI is InChI=1S/C9H8N4O/c1-4-11-6-2-5-8(3-7(6)12-4)14-13-9(5)10/h2-3,13H,10H2,1H3. The number of nitrogens with one attached hydrogen (secondary N) is 1. The van der Waals surface area contributed by atoms with Crippen molar-refractivity contribution in [1.29, 1.82) is 0 Å². The number of aromatic nitrogens is 3. The molecule has 0 saturated carbocycles. The highest BCUT2D eigenvalue weighted by molar-refractivity contribution is 5.97. The van der Waals surface area contributed by atoms with Crippen molar-refractivity contribution in [2.75, 3.05) is 5.73 Å². The molecule has 0 spiro atoms. The highest BCUT2D eigenvalue weighted by Gasteiger charge is 2.08. The zero-order chi connectivity index (χ0) is 9.71. The number of aromatic amines is 1. The molecule has 0 aliphatic carbocycles. The Labute approximate surface area is 78.9 Å². The van der Waals surface area contributed by atoms with Crippen LogP contribution in [0.1, 0.15) is 5.82 Å². The van der Waals surface area contributed by atoms with Crippen molar-refractivity contribution in [2.24, 2.45) is 0 Å².